The molecule has 3 aromatic rings. The molecule has 2 N–H and O–H groups in total. The van der Waals surface area contributed by atoms with Gasteiger partial charge >= 0.3 is 0 Å². The van der Waals surface area contributed by atoms with Crippen LogP contribution in [-0.2, 0) is 0 Å². The van der Waals surface area contributed by atoms with E-state index in [2.05, 4.69) is 10.6 Å². The highest BCUT2D eigenvalue weighted by molar-refractivity contribution is 6.06. The fourth-order valence-electron chi connectivity index (χ4n) is 3.12. The van der Waals surface area contributed by atoms with E-state index in [-0.39, 0.29) is 17.5 Å². The van der Waals surface area contributed by atoms with Crippen LogP contribution in [0.3, 0.4) is 0 Å². The van der Waals surface area contributed by atoms with E-state index in [9.17, 15) is 14.0 Å². The Bertz CT molecular complexity index is 1050. The molecule has 1 unspecified atom stereocenters. The molecule has 0 aliphatic carbocycles. The van der Waals surface area contributed by atoms with Crippen molar-refractivity contribution in [2.45, 2.75) is 13.0 Å². The van der Waals surface area contributed by atoms with Crippen molar-refractivity contribution in [1.82, 2.24) is 5.32 Å². The Morgan fingerprint density at radius 1 is 0.900 bits per heavy atom. The molecule has 0 heterocycles. The van der Waals surface area contributed by atoms with Gasteiger partial charge in [-0.25, -0.2) is 4.39 Å². The lowest BCUT2D eigenvalue weighted by Crippen LogP contribution is -2.28. The third-order valence-electron chi connectivity index (χ3n) is 4.71. The van der Waals surface area contributed by atoms with Gasteiger partial charge in [-0.3, -0.25) is 9.59 Å². The zero-order valence-electron chi connectivity index (χ0n) is 17.1. The summed E-state index contributed by atoms with van der Waals surface area (Å²) in [5.41, 5.74) is 2.80. The first-order chi connectivity index (χ1) is 14.3. The van der Waals surface area contributed by atoms with E-state index < -0.39 is 11.7 Å². The van der Waals surface area contributed by atoms with Crippen molar-refractivity contribution in [3.05, 3.63) is 95.3 Å². The number of benzene rings is 3. The summed E-state index contributed by atoms with van der Waals surface area (Å²) < 4.78 is 13.4. The fraction of sp³-hybridized carbons (Fsp3) is 0.167. The van der Waals surface area contributed by atoms with Gasteiger partial charge in [0.05, 0.1) is 11.6 Å². The van der Waals surface area contributed by atoms with Crippen molar-refractivity contribution < 1.29 is 14.0 Å². The Kier molecular flexibility index (Phi) is 6.47. The Morgan fingerprint density at radius 3 is 2.30 bits per heavy atom. The quantitative estimate of drug-likeness (QED) is 0.628. The van der Waals surface area contributed by atoms with Crippen LogP contribution in [0.15, 0.2) is 72.8 Å². The van der Waals surface area contributed by atoms with Crippen LogP contribution in [0, 0.1) is 5.82 Å². The molecule has 30 heavy (non-hydrogen) atoms. The monoisotopic (exact) mass is 405 g/mol. The molecule has 0 spiro atoms. The van der Waals surface area contributed by atoms with Crippen LogP contribution < -0.4 is 15.5 Å². The van der Waals surface area contributed by atoms with Gasteiger partial charge in [0, 0.05) is 31.0 Å². The Labute approximate surface area is 175 Å². The van der Waals surface area contributed by atoms with E-state index in [0.717, 1.165) is 11.3 Å². The van der Waals surface area contributed by atoms with E-state index in [1.807, 2.05) is 56.3 Å². The van der Waals surface area contributed by atoms with Gasteiger partial charge in [0.1, 0.15) is 5.82 Å². The van der Waals surface area contributed by atoms with Crippen molar-refractivity contribution in [1.29, 1.82) is 0 Å². The number of rotatable bonds is 6. The first-order valence-corrected chi connectivity index (χ1v) is 9.59. The van der Waals surface area contributed by atoms with E-state index in [1.54, 1.807) is 18.2 Å². The van der Waals surface area contributed by atoms with Crippen LogP contribution in [0.1, 0.15) is 39.2 Å². The molecule has 1 atom stereocenters. The molecule has 0 radical (unpaired) electrons. The minimum Gasteiger partial charge on any atom is -0.377 e. The lowest BCUT2D eigenvalue weighted by atomic mass is 10.1. The second kappa shape index (κ2) is 9.22. The maximum absolute atomic E-state index is 13.4. The molecule has 3 aromatic carbocycles. The highest BCUT2D eigenvalue weighted by Crippen LogP contribution is 2.24. The molecule has 3 rings (SSSR count). The molecule has 0 saturated carbocycles. The molecule has 2 amide bonds. The minimum absolute atomic E-state index is 0.181. The first kappa shape index (κ1) is 21.0. The Hall–Kier alpha value is -3.67. The Morgan fingerprint density at radius 2 is 1.63 bits per heavy atom. The van der Waals surface area contributed by atoms with Crippen LogP contribution >= 0.6 is 0 Å². The fourth-order valence-corrected chi connectivity index (χ4v) is 3.12. The molecule has 0 fully saturated rings. The van der Waals surface area contributed by atoms with Crippen molar-refractivity contribution in [3.8, 4) is 0 Å². The number of nitrogens with zero attached hydrogens (tertiary/aromatic N) is 1. The third kappa shape index (κ3) is 5.03. The number of hydrogen-bond donors (Lipinski definition) is 2. The summed E-state index contributed by atoms with van der Waals surface area (Å²) >= 11 is 0. The summed E-state index contributed by atoms with van der Waals surface area (Å²) in [4.78, 5) is 27.3. The van der Waals surface area contributed by atoms with Crippen LogP contribution in [0.2, 0.25) is 0 Å². The van der Waals surface area contributed by atoms with E-state index in [4.69, 9.17) is 0 Å². The highest BCUT2D eigenvalue weighted by Gasteiger charge is 2.18. The number of carbonyl (C=O) groups excluding carboxylic acids is 2. The molecule has 154 valence electrons. The minimum atomic E-state index is -0.486. The lowest BCUT2D eigenvalue weighted by Gasteiger charge is -2.20. The second-order valence-electron chi connectivity index (χ2n) is 7.20. The molecular formula is C24H24FN3O2. The average Bonchev–Trinajstić information content (AvgIpc) is 2.74. The van der Waals surface area contributed by atoms with Crippen LogP contribution in [0.4, 0.5) is 15.8 Å². The van der Waals surface area contributed by atoms with Gasteiger partial charge in [-0.05, 0) is 48.9 Å². The normalized spacial score (nSPS) is 11.5. The van der Waals surface area contributed by atoms with Gasteiger partial charge in [-0.1, -0.05) is 36.4 Å². The number of halogens is 1. The summed E-state index contributed by atoms with van der Waals surface area (Å²) in [5, 5.41) is 5.73. The van der Waals surface area contributed by atoms with Crippen molar-refractivity contribution >= 4 is 23.2 Å². The number of anilines is 2. The third-order valence-corrected chi connectivity index (χ3v) is 4.71. The maximum Gasteiger partial charge on any atom is 0.255 e. The topological polar surface area (TPSA) is 61.4 Å². The summed E-state index contributed by atoms with van der Waals surface area (Å²) in [7, 11) is 3.69. The smallest absolute Gasteiger partial charge is 0.255 e. The van der Waals surface area contributed by atoms with Gasteiger partial charge in [0.2, 0.25) is 0 Å². The molecule has 0 aromatic heterocycles. The molecule has 5 nitrogen and oxygen atoms in total. The van der Waals surface area contributed by atoms with Crippen LogP contribution in [-0.4, -0.2) is 25.9 Å². The highest BCUT2D eigenvalue weighted by atomic mass is 19.1. The van der Waals surface area contributed by atoms with E-state index >= 15 is 0 Å². The standard InChI is InChI=1S/C24H24FN3O2/c1-16(17-8-5-4-6-9-17)26-24(30)21-15-20(12-13-22(21)28(2)3)27-23(29)18-10-7-11-19(25)14-18/h4-16H,1-3H3,(H,26,30)(H,27,29). The maximum atomic E-state index is 13.4. The van der Waals surface area contributed by atoms with Gasteiger partial charge in [-0.15, -0.1) is 0 Å². The predicted molar refractivity (Wildman–Crippen MR) is 117 cm³/mol. The summed E-state index contributed by atoms with van der Waals surface area (Å²) in [6.07, 6.45) is 0. The molecule has 0 saturated heterocycles. The molecular weight excluding hydrogens is 381 g/mol. The zero-order chi connectivity index (χ0) is 21.7. The molecule has 0 aliphatic rings. The summed E-state index contributed by atoms with van der Waals surface area (Å²) in [6.45, 7) is 1.91. The number of nitrogens with one attached hydrogen (secondary N) is 2. The summed E-state index contributed by atoms with van der Waals surface area (Å²) in [6, 6.07) is 20.0. The first-order valence-electron chi connectivity index (χ1n) is 9.59. The van der Waals surface area contributed by atoms with Crippen LogP contribution in [0.25, 0.3) is 0 Å². The van der Waals surface area contributed by atoms with E-state index in [1.165, 1.54) is 24.3 Å². The van der Waals surface area contributed by atoms with Gasteiger partial charge < -0.3 is 15.5 Å². The summed E-state index contributed by atoms with van der Waals surface area (Å²) in [5.74, 6) is -1.19. The number of carbonyl (C=O) groups is 2. The number of amides is 2. The largest absolute Gasteiger partial charge is 0.377 e. The predicted octanol–water partition coefficient (Wildman–Crippen LogP) is 4.64. The van der Waals surface area contributed by atoms with Gasteiger partial charge in [0.15, 0.2) is 0 Å². The van der Waals surface area contributed by atoms with Gasteiger partial charge in [-0.2, -0.15) is 0 Å². The Balaban J connectivity index is 1.83. The van der Waals surface area contributed by atoms with Crippen molar-refractivity contribution in [3.63, 3.8) is 0 Å². The molecule has 0 aliphatic heterocycles. The van der Waals surface area contributed by atoms with E-state index in [0.29, 0.717) is 11.3 Å². The lowest BCUT2D eigenvalue weighted by molar-refractivity contribution is 0.0939. The number of hydrogen-bond acceptors (Lipinski definition) is 3. The van der Waals surface area contributed by atoms with Crippen LogP contribution in [0.5, 0.6) is 0 Å². The van der Waals surface area contributed by atoms with Gasteiger partial charge in [0.25, 0.3) is 11.8 Å². The second-order valence-corrected chi connectivity index (χ2v) is 7.20. The van der Waals surface area contributed by atoms with Crippen molar-refractivity contribution in [2.75, 3.05) is 24.3 Å². The SMILES string of the molecule is CC(NC(=O)c1cc(NC(=O)c2cccc(F)c2)ccc1N(C)C)c1ccccc1. The van der Waals surface area contributed by atoms with Crippen molar-refractivity contribution in [2.24, 2.45) is 0 Å². The average molecular weight is 405 g/mol. The molecule has 0 bridgehead atoms. The molecule has 6 heteroatoms. The zero-order valence-corrected chi connectivity index (χ0v) is 17.1.